The van der Waals surface area contributed by atoms with Gasteiger partial charge in [-0.25, -0.2) is 0 Å². The van der Waals surface area contributed by atoms with Gasteiger partial charge in [-0.1, -0.05) is 36.4 Å². The molecule has 360 valence electrons. The van der Waals surface area contributed by atoms with E-state index in [9.17, 15) is 9.59 Å². The molecule has 0 unspecified atom stereocenters. The van der Waals surface area contributed by atoms with Gasteiger partial charge in [-0.15, -0.1) is 22.7 Å². The third kappa shape index (κ3) is 11.3. The van der Waals surface area contributed by atoms with Crippen LogP contribution in [-0.2, 0) is 12.8 Å². The van der Waals surface area contributed by atoms with Crippen molar-refractivity contribution in [2.75, 3.05) is 54.6 Å². The lowest BCUT2D eigenvalue weighted by atomic mass is 9.80. The van der Waals surface area contributed by atoms with Crippen LogP contribution in [0, 0.1) is 13.8 Å². The first-order chi connectivity index (χ1) is 33.9. The first-order valence-electron chi connectivity index (χ1n) is 22.8. The van der Waals surface area contributed by atoms with E-state index in [1.807, 2.05) is 78.5 Å². The Labute approximate surface area is 425 Å². The average molecular weight is 1040 g/mol. The molecule has 10 rings (SSSR count). The van der Waals surface area contributed by atoms with E-state index < -0.39 is 7.12 Å². The number of halogens is 1. The smallest absolute Gasteiger partial charge is 0.488 e. The number of fused-ring (bicyclic) bond motifs is 2. The Morgan fingerprint density at radius 2 is 1.10 bits per heavy atom. The van der Waals surface area contributed by atoms with E-state index in [1.165, 1.54) is 58.6 Å². The lowest BCUT2D eigenvalue weighted by molar-refractivity contribution is 0.0767. The Morgan fingerprint density at radius 3 is 1.57 bits per heavy atom. The Kier molecular flexibility index (Phi) is 16.2. The lowest BCUT2D eigenvalue weighted by Gasteiger charge is -2.27. The summed E-state index contributed by atoms with van der Waals surface area (Å²) in [5.74, 6) is 2.72. The van der Waals surface area contributed by atoms with Crippen molar-refractivity contribution in [3.63, 3.8) is 0 Å². The molecule has 4 aliphatic rings. The van der Waals surface area contributed by atoms with Crippen LogP contribution >= 0.6 is 38.6 Å². The maximum atomic E-state index is 12.8. The number of rotatable bonds is 10. The van der Waals surface area contributed by atoms with Gasteiger partial charge in [0.15, 0.2) is 23.0 Å². The molecule has 0 spiro atoms. The van der Waals surface area contributed by atoms with Crippen molar-refractivity contribution in [2.45, 2.75) is 39.5 Å². The summed E-state index contributed by atoms with van der Waals surface area (Å²) in [6.07, 6.45) is 16.2. The molecule has 4 aromatic heterocycles. The number of benzene rings is 2. The zero-order valence-corrected chi connectivity index (χ0v) is 43.2. The molecule has 0 atom stereocenters. The molecule has 2 amide bonds. The van der Waals surface area contributed by atoms with Gasteiger partial charge in [0.05, 0.1) is 49.6 Å². The van der Waals surface area contributed by atoms with E-state index in [0.717, 1.165) is 80.4 Å². The van der Waals surface area contributed by atoms with Crippen LogP contribution in [0.5, 0.6) is 23.0 Å². The number of methoxy groups -OCH3 is 4. The van der Waals surface area contributed by atoms with Crippen LogP contribution in [0.25, 0.3) is 22.3 Å². The number of aromatic nitrogens is 2. The fourth-order valence-corrected chi connectivity index (χ4v) is 10.8. The van der Waals surface area contributed by atoms with Gasteiger partial charge in [0.1, 0.15) is 0 Å². The summed E-state index contributed by atoms with van der Waals surface area (Å²) in [6, 6.07) is 22.9. The van der Waals surface area contributed by atoms with Gasteiger partial charge in [0.2, 0.25) is 0 Å². The molecule has 12 nitrogen and oxygen atoms in total. The zero-order valence-electron chi connectivity index (χ0n) is 40.0. The fraction of sp³-hybridized carbons (Fsp3) is 0.259. The Morgan fingerprint density at radius 1 is 0.600 bits per heavy atom. The highest BCUT2D eigenvalue weighted by atomic mass is 79.9. The summed E-state index contributed by atoms with van der Waals surface area (Å²) in [6.45, 7) is 6.89. The molecule has 2 aliphatic heterocycles. The summed E-state index contributed by atoms with van der Waals surface area (Å²) in [4.78, 5) is 42.5. The number of pyridine rings is 2. The molecule has 2 N–H and O–H groups in total. The van der Waals surface area contributed by atoms with E-state index in [4.69, 9.17) is 34.0 Å². The SMILES string of the molecule is COc1ccc(-c2cnc3c(c2)C(C2=CCN(C(=O)c4ccc(C)s4)CC2)=CC3)cc1OC.COc1ccc(B(O)O)cc1OC.Cc1ccc(C(=O)N2CC=C(C3=CCc4ncc(Br)cc43)CC2)s1. The number of thiophene rings is 2. The minimum atomic E-state index is -1.49. The van der Waals surface area contributed by atoms with Gasteiger partial charge in [-0.2, -0.15) is 0 Å². The van der Waals surface area contributed by atoms with Crippen molar-refractivity contribution >= 4 is 74.1 Å². The van der Waals surface area contributed by atoms with Crippen LogP contribution in [0.1, 0.15) is 64.5 Å². The van der Waals surface area contributed by atoms with Crippen molar-refractivity contribution in [2.24, 2.45) is 0 Å². The number of nitrogens with zero attached hydrogens (tertiary/aromatic N) is 4. The summed E-state index contributed by atoms with van der Waals surface area (Å²) in [5.41, 5.74) is 12.3. The van der Waals surface area contributed by atoms with Crippen molar-refractivity contribution in [3.8, 4) is 34.1 Å². The minimum absolute atomic E-state index is 0.126. The predicted octanol–water partition coefficient (Wildman–Crippen LogP) is 9.56. The van der Waals surface area contributed by atoms with Crippen LogP contribution < -0.4 is 24.4 Å². The van der Waals surface area contributed by atoms with Gasteiger partial charge in [-0.3, -0.25) is 19.6 Å². The number of aryl methyl sites for hydroxylation is 2. The molecule has 2 aliphatic carbocycles. The number of carbonyl (C=O) groups is 2. The first-order valence-corrected chi connectivity index (χ1v) is 25.3. The third-order valence-electron chi connectivity index (χ3n) is 12.5. The van der Waals surface area contributed by atoms with Crippen molar-refractivity contribution in [1.29, 1.82) is 0 Å². The molecule has 6 aromatic rings. The third-order valence-corrected chi connectivity index (χ3v) is 14.9. The maximum Gasteiger partial charge on any atom is 0.488 e. The zero-order chi connectivity index (χ0) is 49.5. The highest BCUT2D eigenvalue weighted by Gasteiger charge is 2.27. The summed E-state index contributed by atoms with van der Waals surface area (Å²) < 4.78 is 21.8. The monoisotopic (exact) mass is 1040 g/mol. The second-order valence-electron chi connectivity index (χ2n) is 16.8. The molecule has 0 saturated carbocycles. The highest BCUT2D eigenvalue weighted by molar-refractivity contribution is 9.10. The van der Waals surface area contributed by atoms with Crippen molar-refractivity contribution in [3.05, 3.63) is 167 Å². The number of ether oxygens (including phenoxy) is 4. The Balaban J connectivity index is 0.000000155. The molecule has 6 heterocycles. The molecule has 70 heavy (non-hydrogen) atoms. The van der Waals surface area contributed by atoms with Gasteiger partial charge in [0.25, 0.3) is 11.8 Å². The number of allylic oxidation sites excluding steroid dienone is 4. The number of hydrogen-bond acceptors (Lipinski definition) is 12. The quantitative estimate of drug-likeness (QED) is 0.127. The maximum absolute atomic E-state index is 12.8. The van der Waals surface area contributed by atoms with Gasteiger partial charge >= 0.3 is 7.12 Å². The number of carbonyl (C=O) groups excluding carboxylic acids is 2. The second kappa shape index (κ2) is 22.6. The lowest BCUT2D eigenvalue weighted by Crippen LogP contribution is -2.34. The molecule has 2 aromatic carbocycles. The molecule has 0 fully saturated rings. The van der Waals surface area contributed by atoms with E-state index in [1.54, 1.807) is 49.0 Å². The molecule has 0 radical (unpaired) electrons. The number of hydrogen-bond donors (Lipinski definition) is 2. The van der Waals surface area contributed by atoms with E-state index in [2.05, 4.69) is 57.4 Å². The summed E-state index contributed by atoms with van der Waals surface area (Å²) in [5, 5.41) is 17.7. The molecular formula is C54H54BBrN4O8S2. The van der Waals surface area contributed by atoms with Crippen LogP contribution in [0.2, 0.25) is 0 Å². The Hall–Kier alpha value is -6.30. The minimum Gasteiger partial charge on any atom is -0.493 e. The molecule has 16 heteroatoms. The molecule has 0 saturated heterocycles. The first kappa shape index (κ1) is 50.1. The van der Waals surface area contributed by atoms with Gasteiger partial charge < -0.3 is 38.8 Å². The van der Waals surface area contributed by atoms with E-state index in [-0.39, 0.29) is 11.8 Å². The Bertz CT molecular complexity index is 3050. The van der Waals surface area contributed by atoms with Gasteiger partial charge in [0, 0.05) is 82.3 Å². The standard InChI is InChI=1S/C27H26N2O3S.C19H17BrN2OS.C8H11BO4/c1-17-4-9-26(33-17)27(30)29-12-10-18(11-13-29)21-6-7-23-22(21)14-20(16-28-23)19-5-8-24(31-2)25(15-19)32-3;1-12-2-5-18(24-12)19(23)22-8-6-13(7-9-22)15-3-4-17-16(15)10-14(20)11-21-17;1-12-7-4-3-6(9(10)11)5-8(7)13-2/h4-6,8-10,14-16H,7,11-13H2,1-3H3;2-3,5-6,10-11H,4,7-9H2,1H3;3-5,10-11H,1-2H3. The largest absolute Gasteiger partial charge is 0.493 e. The van der Waals surface area contributed by atoms with Crippen LogP contribution in [-0.4, -0.2) is 103 Å². The van der Waals surface area contributed by atoms with Gasteiger partial charge in [-0.05, 0) is 137 Å². The van der Waals surface area contributed by atoms with Crippen LogP contribution in [0.15, 0.2) is 125 Å². The highest BCUT2D eigenvalue weighted by Crippen LogP contribution is 2.39. The fourth-order valence-electron chi connectivity index (χ4n) is 8.77. The van der Waals surface area contributed by atoms with Crippen LogP contribution in [0.4, 0.5) is 0 Å². The molecular weight excluding hydrogens is 987 g/mol. The summed E-state index contributed by atoms with van der Waals surface area (Å²) >= 11 is 6.65. The second-order valence-corrected chi connectivity index (χ2v) is 20.3. The van der Waals surface area contributed by atoms with Crippen molar-refractivity contribution in [1.82, 2.24) is 19.8 Å². The van der Waals surface area contributed by atoms with E-state index >= 15 is 0 Å². The normalized spacial score (nSPS) is 14.6. The van der Waals surface area contributed by atoms with Crippen LogP contribution in [0.3, 0.4) is 0 Å². The predicted molar refractivity (Wildman–Crippen MR) is 283 cm³/mol. The van der Waals surface area contributed by atoms with E-state index in [0.29, 0.717) is 41.6 Å². The number of amides is 2. The molecule has 0 bridgehead atoms. The topological polar surface area (TPSA) is 144 Å². The average Bonchev–Trinajstić information content (AvgIpc) is 4.23. The summed E-state index contributed by atoms with van der Waals surface area (Å²) in [7, 11) is 4.81. The van der Waals surface area contributed by atoms with Crippen molar-refractivity contribution < 1.29 is 38.6 Å².